The number of rotatable bonds is 6. The fourth-order valence-electron chi connectivity index (χ4n) is 5.34. The molecule has 4 heterocycles. The molecule has 0 atom stereocenters. The topological polar surface area (TPSA) is 95.0 Å². The molecule has 180 valence electrons. The van der Waals surface area contributed by atoms with E-state index in [1.807, 2.05) is 48.5 Å². The van der Waals surface area contributed by atoms with Crippen LogP contribution in [0.3, 0.4) is 0 Å². The molecule has 0 radical (unpaired) electrons. The monoisotopic (exact) mass is 477 g/mol. The van der Waals surface area contributed by atoms with Crippen molar-refractivity contribution in [2.24, 2.45) is 5.92 Å². The number of anilines is 1. The van der Waals surface area contributed by atoms with Gasteiger partial charge in [0.2, 0.25) is 5.88 Å². The fraction of sp³-hybridized carbons (Fsp3) is 0.286. The molecule has 5 aromatic rings. The van der Waals surface area contributed by atoms with Crippen molar-refractivity contribution in [2.75, 3.05) is 25.4 Å². The maximum atomic E-state index is 6.36. The number of nitrogens with two attached hydrogens (primary N) is 1. The number of hydrogen-bond acceptors (Lipinski definition) is 7. The molecule has 0 unspecified atom stereocenters. The second-order valence-corrected chi connectivity index (χ2v) is 9.87. The Bertz CT molecular complexity index is 1560. The lowest BCUT2D eigenvalue weighted by Gasteiger charge is -2.41. The number of para-hydroxylation sites is 1. The molecule has 8 heteroatoms. The first-order chi connectivity index (χ1) is 17.7. The van der Waals surface area contributed by atoms with Gasteiger partial charge in [-0.1, -0.05) is 30.3 Å². The van der Waals surface area contributed by atoms with Crippen LogP contribution in [-0.2, 0) is 0 Å². The molecule has 0 spiro atoms. The molecule has 1 aliphatic heterocycles. The van der Waals surface area contributed by atoms with E-state index in [0.717, 1.165) is 57.7 Å². The Morgan fingerprint density at radius 2 is 1.81 bits per heavy atom. The lowest BCUT2D eigenvalue weighted by atomic mass is 9.79. The van der Waals surface area contributed by atoms with Gasteiger partial charge in [-0.05, 0) is 62.5 Å². The summed E-state index contributed by atoms with van der Waals surface area (Å²) in [5.41, 5.74) is 9.73. The summed E-state index contributed by atoms with van der Waals surface area (Å²) in [5, 5.41) is 6.88. The zero-order valence-electron chi connectivity index (χ0n) is 19.9. The van der Waals surface area contributed by atoms with E-state index >= 15 is 0 Å². The molecular formula is C28H27N7O. The number of nitrogen functional groups attached to an aromatic ring is 1. The van der Waals surface area contributed by atoms with Gasteiger partial charge < -0.3 is 15.4 Å². The van der Waals surface area contributed by atoms with Gasteiger partial charge >= 0.3 is 0 Å². The maximum absolute atomic E-state index is 6.36. The minimum Gasteiger partial charge on any atom is -0.439 e. The quantitative estimate of drug-likeness (QED) is 0.365. The van der Waals surface area contributed by atoms with Gasteiger partial charge in [-0.15, -0.1) is 0 Å². The molecule has 2 aromatic carbocycles. The Hall–Kier alpha value is -4.04. The van der Waals surface area contributed by atoms with E-state index in [1.165, 1.54) is 32.4 Å². The van der Waals surface area contributed by atoms with Gasteiger partial charge in [0.05, 0.1) is 16.9 Å². The molecule has 2 aliphatic rings. The van der Waals surface area contributed by atoms with E-state index in [2.05, 4.69) is 31.7 Å². The van der Waals surface area contributed by atoms with Crippen LogP contribution in [0.15, 0.2) is 67.0 Å². The normalized spacial score (nSPS) is 19.8. The Morgan fingerprint density at radius 3 is 2.61 bits per heavy atom. The lowest BCUT2D eigenvalue weighted by molar-refractivity contribution is 0.0880. The first-order valence-corrected chi connectivity index (χ1v) is 12.6. The van der Waals surface area contributed by atoms with Crippen molar-refractivity contribution in [2.45, 2.75) is 25.3 Å². The number of pyridine rings is 1. The van der Waals surface area contributed by atoms with Crippen LogP contribution in [0, 0.1) is 5.92 Å². The van der Waals surface area contributed by atoms with Crippen LogP contribution in [0.2, 0.25) is 0 Å². The Balaban J connectivity index is 1.23. The largest absolute Gasteiger partial charge is 0.439 e. The predicted molar refractivity (Wildman–Crippen MR) is 140 cm³/mol. The summed E-state index contributed by atoms with van der Waals surface area (Å²) in [4.78, 5) is 16.2. The van der Waals surface area contributed by atoms with Gasteiger partial charge in [0.15, 0.2) is 5.65 Å². The first-order valence-electron chi connectivity index (χ1n) is 12.6. The number of nitrogens with zero attached hydrogens (tertiary/aromatic N) is 6. The minimum atomic E-state index is 0.339. The van der Waals surface area contributed by atoms with E-state index < -0.39 is 0 Å². The zero-order valence-corrected chi connectivity index (χ0v) is 19.9. The standard InChI is InChI=1S/C28H27N7O/c29-27-25-26(33-35(28(25)31-17-30-27)21-13-18(14-21)16-34-11-4-12-34)20-8-7-19-9-10-24(32-23(19)15-20)36-22-5-2-1-3-6-22/h1-3,5-10,15,17-18,21H,4,11-14,16H2,(H2,29,30,31). The van der Waals surface area contributed by atoms with Crippen molar-refractivity contribution in [3.63, 3.8) is 0 Å². The number of ether oxygens (including phenoxy) is 1. The molecule has 1 aliphatic carbocycles. The summed E-state index contributed by atoms with van der Waals surface area (Å²) in [6, 6.07) is 20.1. The van der Waals surface area contributed by atoms with Gasteiger partial charge in [0.1, 0.15) is 23.6 Å². The van der Waals surface area contributed by atoms with Crippen LogP contribution in [0.4, 0.5) is 5.82 Å². The summed E-state index contributed by atoms with van der Waals surface area (Å²) in [6.07, 6.45) is 5.11. The third-order valence-corrected chi connectivity index (χ3v) is 7.45. The van der Waals surface area contributed by atoms with Gasteiger partial charge in [0, 0.05) is 23.6 Å². The number of hydrogen-bond donors (Lipinski definition) is 1. The molecule has 3 aromatic heterocycles. The average Bonchev–Trinajstić information content (AvgIpc) is 3.23. The number of fused-ring (bicyclic) bond motifs is 2. The Labute approximate surface area is 208 Å². The molecule has 0 amide bonds. The van der Waals surface area contributed by atoms with Crippen molar-refractivity contribution in [1.29, 1.82) is 0 Å². The van der Waals surface area contributed by atoms with Crippen LogP contribution in [0.1, 0.15) is 25.3 Å². The van der Waals surface area contributed by atoms with E-state index in [9.17, 15) is 0 Å². The molecule has 36 heavy (non-hydrogen) atoms. The van der Waals surface area contributed by atoms with Gasteiger partial charge in [-0.2, -0.15) is 5.10 Å². The van der Waals surface area contributed by atoms with Crippen LogP contribution >= 0.6 is 0 Å². The van der Waals surface area contributed by atoms with Crippen molar-refractivity contribution >= 4 is 27.8 Å². The SMILES string of the molecule is Nc1ncnc2c1c(-c1ccc3ccc(Oc4ccccc4)nc3c1)nn2C1CC(CN2CCC2)C1. The van der Waals surface area contributed by atoms with Crippen LogP contribution in [0.25, 0.3) is 33.2 Å². The summed E-state index contributed by atoms with van der Waals surface area (Å²) in [5.74, 6) is 2.48. The summed E-state index contributed by atoms with van der Waals surface area (Å²) < 4.78 is 8.03. The number of aromatic nitrogens is 5. The zero-order chi connectivity index (χ0) is 24.1. The second-order valence-electron chi connectivity index (χ2n) is 9.87. The predicted octanol–water partition coefficient (Wildman–Crippen LogP) is 5.07. The van der Waals surface area contributed by atoms with Gasteiger partial charge in [0.25, 0.3) is 0 Å². The number of likely N-dealkylation sites (tertiary alicyclic amines) is 1. The third kappa shape index (κ3) is 3.74. The highest BCUT2D eigenvalue weighted by molar-refractivity contribution is 5.99. The highest BCUT2D eigenvalue weighted by Gasteiger charge is 2.35. The van der Waals surface area contributed by atoms with Crippen molar-refractivity contribution in [1.82, 2.24) is 29.6 Å². The molecule has 1 saturated carbocycles. The summed E-state index contributed by atoms with van der Waals surface area (Å²) in [7, 11) is 0. The van der Waals surface area contributed by atoms with E-state index in [1.54, 1.807) is 0 Å². The molecule has 7 rings (SSSR count). The molecule has 2 fully saturated rings. The Kier molecular flexibility index (Phi) is 5.06. The van der Waals surface area contributed by atoms with E-state index in [4.69, 9.17) is 20.6 Å². The highest BCUT2D eigenvalue weighted by Crippen LogP contribution is 2.42. The van der Waals surface area contributed by atoms with Crippen molar-refractivity contribution in [3.05, 3.63) is 67.0 Å². The maximum Gasteiger partial charge on any atom is 0.219 e. The smallest absolute Gasteiger partial charge is 0.219 e. The summed E-state index contributed by atoms with van der Waals surface area (Å²) >= 11 is 0. The first kappa shape index (κ1) is 21.3. The van der Waals surface area contributed by atoms with E-state index in [0.29, 0.717) is 17.7 Å². The Morgan fingerprint density at radius 1 is 0.972 bits per heavy atom. The fourth-order valence-corrected chi connectivity index (χ4v) is 5.34. The minimum absolute atomic E-state index is 0.339. The molecule has 1 saturated heterocycles. The molecular weight excluding hydrogens is 450 g/mol. The van der Waals surface area contributed by atoms with Crippen LogP contribution in [0.5, 0.6) is 11.6 Å². The average molecular weight is 478 g/mol. The second kappa shape index (κ2) is 8.57. The van der Waals surface area contributed by atoms with Crippen molar-refractivity contribution < 1.29 is 4.74 Å². The van der Waals surface area contributed by atoms with Gasteiger partial charge in [-0.3, -0.25) is 0 Å². The molecule has 0 bridgehead atoms. The molecule has 8 nitrogen and oxygen atoms in total. The number of benzene rings is 2. The van der Waals surface area contributed by atoms with Gasteiger partial charge in [-0.25, -0.2) is 19.6 Å². The van der Waals surface area contributed by atoms with E-state index in [-0.39, 0.29) is 0 Å². The van der Waals surface area contributed by atoms with Crippen LogP contribution in [-0.4, -0.2) is 49.3 Å². The van der Waals surface area contributed by atoms with Crippen molar-refractivity contribution in [3.8, 4) is 22.9 Å². The summed E-state index contributed by atoms with van der Waals surface area (Å²) in [6.45, 7) is 3.69. The molecule has 2 N–H and O–H groups in total. The third-order valence-electron chi connectivity index (χ3n) is 7.45. The lowest BCUT2D eigenvalue weighted by Crippen LogP contribution is -2.44. The van der Waals surface area contributed by atoms with Crippen LogP contribution < -0.4 is 10.5 Å². The highest BCUT2D eigenvalue weighted by atomic mass is 16.5.